The zero-order valence-corrected chi connectivity index (χ0v) is 12.3. The third-order valence-electron chi connectivity index (χ3n) is 2.83. The lowest BCUT2D eigenvalue weighted by Crippen LogP contribution is -2.34. The molecule has 0 spiro atoms. The minimum Gasteiger partial charge on any atom is -0.393 e. The number of hydrogen-bond acceptors (Lipinski definition) is 2. The van der Waals surface area contributed by atoms with Crippen molar-refractivity contribution in [1.82, 2.24) is 5.32 Å². The molecule has 0 saturated heterocycles. The first-order valence-corrected chi connectivity index (χ1v) is 6.66. The molecule has 0 aromatic heterocycles. The lowest BCUT2D eigenvalue weighted by Gasteiger charge is -2.25. The molecule has 0 saturated carbocycles. The van der Waals surface area contributed by atoms with Gasteiger partial charge in [0, 0.05) is 6.54 Å². The van der Waals surface area contributed by atoms with Crippen molar-refractivity contribution in [3.63, 3.8) is 0 Å². The van der Waals surface area contributed by atoms with Crippen LogP contribution >= 0.6 is 11.6 Å². The number of rotatable bonds is 4. The summed E-state index contributed by atoms with van der Waals surface area (Å²) >= 11 is 5.93. The van der Waals surface area contributed by atoms with Crippen LogP contribution in [0, 0.1) is 5.41 Å². The maximum atomic E-state index is 11.6. The third-order valence-corrected chi connectivity index (χ3v) is 3.15. The molecule has 3 N–H and O–H groups in total. The summed E-state index contributed by atoms with van der Waals surface area (Å²) in [6.07, 6.45) is 0.0625. The van der Waals surface area contributed by atoms with Crippen LogP contribution in [0.5, 0.6) is 0 Å². The van der Waals surface area contributed by atoms with E-state index in [2.05, 4.69) is 10.6 Å². The quantitative estimate of drug-likeness (QED) is 0.795. The van der Waals surface area contributed by atoms with E-state index < -0.39 is 6.10 Å². The number of carbonyl (C=O) groups is 1. The Bertz CT molecular complexity index is 430. The van der Waals surface area contributed by atoms with Gasteiger partial charge in [0.15, 0.2) is 0 Å². The lowest BCUT2D eigenvalue weighted by atomic mass is 9.87. The number of halogens is 1. The van der Waals surface area contributed by atoms with E-state index in [0.29, 0.717) is 23.7 Å². The summed E-state index contributed by atoms with van der Waals surface area (Å²) < 4.78 is 0. The predicted octanol–water partition coefficient (Wildman–Crippen LogP) is 3.26. The van der Waals surface area contributed by atoms with Crippen LogP contribution < -0.4 is 10.6 Å². The van der Waals surface area contributed by atoms with Gasteiger partial charge in [-0.1, -0.05) is 44.5 Å². The maximum absolute atomic E-state index is 11.6. The van der Waals surface area contributed by atoms with E-state index in [9.17, 15) is 9.90 Å². The zero-order chi connectivity index (χ0) is 14.5. The smallest absolute Gasteiger partial charge is 0.319 e. The fraction of sp³-hybridized carbons (Fsp3) is 0.500. The number of para-hydroxylation sites is 1. The summed E-state index contributed by atoms with van der Waals surface area (Å²) in [6, 6.07) is 6.71. The van der Waals surface area contributed by atoms with Gasteiger partial charge in [0.25, 0.3) is 0 Å². The first-order chi connectivity index (χ1) is 8.80. The van der Waals surface area contributed by atoms with Gasteiger partial charge in [-0.3, -0.25) is 0 Å². The van der Waals surface area contributed by atoms with Crippen molar-refractivity contribution >= 4 is 23.3 Å². The Labute approximate surface area is 119 Å². The van der Waals surface area contributed by atoms with Crippen molar-refractivity contribution in [2.45, 2.75) is 33.3 Å². The van der Waals surface area contributed by atoms with Gasteiger partial charge >= 0.3 is 6.03 Å². The molecule has 1 rings (SSSR count). The zero-order valence-electron chi connectivity index (χ0n) is 11.5. The van der Waals surface area contributed by atoms with Gasteiger partial charge in [-0.2, -0.15) is 0 Å². The van der Waals surface area contributed by atoms with E-state index in [1.54, 1.807) is 24.3 Å². The Morgan fingerprint density at radius 3 is 2.58 bits per heavy atom. The van der Waals surface area contributed by atoms with Gasteiger partial charge in [0.2, 0.25) is 0 Å². The van der Waals surface area contributed by atoms with Crippen molar-refractivity contribution in [3.8, 4) is 0 Å². The Morgan fingerprint density at radius 1 is 1.37 bits per heavy atom. The van der Waals surface area contributed by atoms with Crippen molar-refractivity contribution in [2.24, 2.45) is 5.41 Å². The lowest BCUT2D eigenvalue weighted by molar-refractivity contribution is 0.0565. The summed E-state index contributed by atoms with van der Waals surface area (Å²) in [4.78, 5) is 11.6. The van der Waals surface area contributed by atoms with E-state index in [1.807, 2.05) is 20.8 Å². The molecule has 0 bridgehead atoms. The molecule has 1 atom stereocenters. The van der Waals surface area contributed by atoms with E-state index in [4.69, 9.17) is 11.6 Å². The van der Waals surface area contributed by atoms with Crippen molar-refractivity contribution in [1.29, 1.82) is 0 Å². The van der Waals surface area contributed by atoms with Gasteiger partial charge in [0.05, 0.1) is 16.8 Å². The van der Waals surface area contributed by atoms with Crippen molar-refractivity contribution in [2.75, 3.05) is 11.9 Å². The van der Waals surface area contributed by atoms with Crippen molar-refractivity contribution < 1.29 is 9.90 Å². The number of nitrogens with one attached hydrogen (secondary N) is 2. The highest BCUT2D eigenvalue weighted by Gasteiger charge is 2.21. The summed E-state index contributed by atoms with van der Waals surface area (Å²) in [5, 5.41) is 15.7. The first kappa shape index (κ1) is 15.8. The van der Waals surface area contributed by atoms with Gasteiger partial charge in [-0.05, 0) is 24.0 Å². The van der Waals surface area contributed by atoms with Crippen molar-refractivity contribution in [3.05, 3.63) is 29.3 Å². The van der Waals surface area contributed by atoms with Gasteiger partial charge in [0.1, 0.15) is 0 Å². The van der Waals surface area contributed by atoms with Crippen LogP contribution in [0.3, 0.4) is 0 Å². The minimum atomic E-state index is -0.451. The molecular formula is C14H21ClN2O2. The van der Waals surface area contributed by atoms with Crippen LogP contribution in [0.4, 0.5) is 10.5 Å². The summed E-state index contributed by atoms with van der Waals surface area (Å²) in [5.41, 5.74) is 0.388. The fourth-order valence-electron chi connectivity index (χ4n) is 1.48. The van der Waals surface area contributed by atoms with E-state index in [1.165, 1.54) is 0 Å². The van der Waals surface area contributed by atoms with E-state index in [0.717, 1.165) is 0 Å². The highest BCUT2D eigenvalue weighted by Crippen LogP contribution is 2.21. The molecule has 0 unspecified atom stereocenters. The van der Waals surface area contributed by atoms with Gasteiger partial charge in [-0.25, -0.2) is 4.79 Å². The summed E-state index contributed by atoms with van der Waals surface area (Å²) in [5.74, 6) is 0. The second kappa shape index (κ2) is 6.78. The fourth-order valence-corrected chi connectivity index (χ4v) is 1.67. The molecule has 5 heteroatoms. The molecule has 106 valence electrons. The summed E-state index contributed by atoms with van der Waals surface area (Å²) in [6.45, 7) is 6.29. The molecule has 0 heterocycles. The predicted molar refractivity (Wildman–Crippen MR) is 78.6 cm³/mol. The number of carbonyl (C=O) groups excluding carboxylic acids is 1. The van der Waals surface area contributed by atoms with Crippen LogP contribution in [0.25, 0.3) is 0 Å². The van der Waals surface area contributed by atoms with E-state index >= 15 is 0 Å². The average molecular weight is 285 g/mol. The molecular weight excluding hydrogens is 264 g/mol. The molecule has 1 aromatic carbocycles. The van der Waals surface area contributed by atoms with Crippen LogP contribution in [-0.4, -0.2) is 23.8 Å². The van der Waals surface area contributed by atoms with E-state index in [-0.39, 0.29) is 11.4 Å². The van der Waals surface area contributed by atoms with Crippen LogP contribution in [0.1, 0.15) is 27.2 Å². The average Bonchev–Trinajstić information content (AvgIpc) is 2.31. The second-order valence-corrected chi connectivity index (χ2v) is 5.94. The van der Waals surface area contributed by atoms with Crippen LogP contribution in [0.15, 0.2) is 24.3 Å². The summed E-state index contributed by atoms with van der Waals surface area (Å²) in [7, 11) is 0. The normalized spacial score (nSPS) is 12.9. The molecule has 0 radical (unpaired) electrons. The number of amides is 2. The number of urea groups is 1. The number of aliphatic hydroxyl groups excluding tert-OH is 1. The number of benzene rings is 1. The molecule has 2 amide bonds. The molecule has 19 heavy (non-hydrogen) atoms. The first-order valence-electron chi connectivity index (χ1n) is 6.28. The highest BCUT2D eigenvalue weighted by atomic mass is 35.5. The third kappa shape index (κ3) is 5.49. The Morgan fingerprint density at radius 2 is 2.00 bits per heavy atom. The Hall–Kier alpha value is -1.26. The molecule has 0 fully saturated rings. The molecule has 4 nitrogen and oxygen atoms in total. The standard InChI is InChI=1S/C14H21ClN2O2/c1-14(2,3)12(18)8-9-16-13(19)17-11-7-5-4-6-10(11)15/h4-7,12,18H,8-9H2,1-3H3,(H2,16,17,19)/t12-/m1/s1. The monoisotopic (exact) mass is 284 g/mol. The second-order valence-electron chi connectivity index (χ2n) is 5.53. The maximum Gasteiger partial charge on any atom is 0.319 e. The highest BCUT2D eigenvalue weighted by molar-refractivity contribution is 6.33. The van der Waals surface area contributed by atoms with Gasteiger partial charge in [-0.15, -0.1) is 0 Å². The molecule has 1 aromatic rings. The Kier molecular flexibility index (Phi) is 5.63. The van der Waals surface area contributed by atoms with Gasteiger partial charge < -0.3 is 15.7 Å². The molecule has 0 aliphatic rings. The largest absolute Gasteiger partial charge is 0.393 e. The number of hydrogen-bond donors (Lipinski definition) is 3. The SMILES string of the molecule is CC(C)(C)[C@H](O)CCNC(=O)Nc1ccccc1Cl. The van der Waals surface area contributed by atoms with Crippen LogP contribution in [-0.2, 0) is 0 Å². The number of aliphatic hydroxyl groups is 1. The Balaban J connectivity index is 2.35. The minimum absolute atomic E-state index is 0.180. The topological polar surface area (TPSA) is 61.4 Å². The molecule has 0 aliphatic heterocycles. The van der Waals surface area contributed by atoms with Crippen LogP contribution in [0.2, 0.25) is 5.02 Å². The number of anilines is 1. The molecule has 0 aliphatic carbocycles.